The average Bonchev–Trinajstić information content (AvgIpc) is 2.79. The summed E-state index contributed by atoms with van der Waals surface area (Å²) in [4.78, 5) is 13.6. The summed E-state index contributed by atoms with van der Waals surface area (Å²) in [5, 5.41) is 16.8. The van der Waals surface area contributed by atoms with Crippen molar-refractivity contribution < 1.29 is 0 Å². The topological polar surface area (TPSA) is 58.7 Å². The molecule has 0 amide bonds. The van der Waals surface area contributed by atoms with Crippen LogP contribution in [0.25, 0.3) is 10.8 Å². The van der Waals surface area contributed by atoms with Gasteiger partial charge in [0, 0.05) is 4.47 Å². The summed E-state index contributed by atoms with van der Waals surface area (Å²) < 4.78 is 2.00. The van der Waals surface area contributed by atoms with Crippen LogP contribution in [0.1, 0.15) is 30.0 Å². The second-order valence-electron chi connectivity index (χ2n) is 7.21. The maximum absolute atomic E-state index is 13.6. The van der Waals surface area contributed by atoms with Crippen LogP contribution in [0.4, 0.5) is 0 Å². The molecule has 0 spiro atoms. The van der Waals surface area contributed by atoms with Gasteiger partial charge in [-0.25, -0.2) is 4.68 Å². The maximum atomic E-state index is 13.6. The fraction of sp³-hybridized carbons (Fsp3) is 0.160. The highest BCUT2D eigenvalue weighted by Gasteiger charge is 2.37. The molecule has 0 saturated heterocycles. The van der Waals surface area contributed by atoms with Gasteiger partial charge in [0.25, 0.3) is 5.56 Å². The fourth-order valence-corrected chi connectivity index (χ4v) is 4.61. The Bertz CT molecular complexity index is 1300. The van der Waals surface area contributed by atoms with Gasteiger partial charge in [-0.15, -0.1) is 0 Å². The number of hydrogen-bond donors (Lipinski definition) is 0. The normalized spacial score (nSPS) is 13.0. The quantitative estimate of drug-likeness (QED) is 0.401. The molecular formula is C25H20BrN3O. The largest absolute Gasteiger partial charge is 0.273 e. The molecule has 1 heterocycles. The molecule has 4 nitrogen and oxygen atoms in total. The van der Waals surface area contributed by atoms with Gasteiger partial charge < -0.3 is 0 Å². The molecule has 0 aliphatic carbocycles. The van der Waals surface area contributed by atoms with Gasteiger partial charge in [-0.2, -0.15) is 10.4 Å². The van der Waals surface area contributed by atoms with Crippen LogP contribution in [-0.4, -0.2) is 9.78 Å². The number of nitrogens with zero attached hydrogens (tertiary/aromatic N) is 3. The molecule has 1 aromatic heterocycles. The summed E-state index contributed by atoms with van der Waals surface area (Å²) in [7, 11) is 0. The number of rotatable bonds is 5. The lowest BCUT2D eigenvalue weighted by Crippen LogP contribution is -2.37. The van der Waals surface area contributed by atoms with Gasteiger partial charge >= 0.3 is 0 Å². The molecule has 0 N–H and O–H groups in total. The number of benzene rings is 3. The molecule has 4 rings (SSSR count). The molecule has 4 aromatic rings. The number of aromatic nitrogens is 2. The van der Waals surface area contributed by atoms with Crippen LogP contribution in [0.15, 0.2) is 88.3 Å². The highest BCUT2D eigenvalue weighted by atomic mass is 79.9. The Kier molecular flexibility index (Phi) is 5.52. The van der Waals surface area contributed by atoms with Crippen molar-refractivity contribution in [1.82, 2.24) is 9.78 Å². The van der Waals surface area contributed by atoms with E-state index < -0.39 is 5.41 Å². The Morgan fingerprint density at radius 1 is 1.03 bits per heavy atom. The predicted molar refractivity (Wildman–Crippen MR) is 122 cm³/mol. The van der Waals surface area contributed by atoms with Crippen LogP contribution < -0.4 is 5.56 Å². The molecule has 3 aromatic carbocycles. The molecule has 0 radical (unpaired) electrons. The van der Waals surface area contributed by atoms with E-state index >= 15 is 0 Å². The number of hydrogen-bond acceptors (Lipinski definition) is 3. The number of fused-ring (bicyclic) bond motifs is 1. The first-order valence-corrected chi connectivity index (χ1v) is 10.6. The van der Waals surface area contributed by atoms with E-state index in [1.54, 1.807) is 6.20 Å². The van der Waals surface area contributed by atoms with E-state index in [-0.39, 0.29) is 5.56 Å². The van der Waals surface area contributed by atoms with Crippen molar-refractivity contribution in [3.8, 4) is 6.07 Å². The van der Waals surface area contributed by atoms with Crippen molar-refractivity contribution in [1.29, 1.82) is 5.26 Å². The van der Waals surface area contributed by atoms with Crippen LogP contribution in [0.3, 0.4) is 0 Å². The highest BCUT2D eigenvalue weighted by Crippen LogP contribution is 2.36. The minimum atomic E-state index is -1.05. The highest BCUT2D eigenvalue weighted by molar-refractivity contribution is 9.10. The van der Waals surface area contributed by atoms with Crippen LogP contribution in [0, 0.1) is 11.3 Å². The zero-order valence-electron chi connectivity index (χ0n) is 16.5. The molecule has 0 bridgehead atoms. The maximum Gasteiger partial charge on any atom is 0.273 e. The lowest BCUT2D eigenvalue weighted by atomic mass is 9.74. The smallest absolute Gasteiger partial charge is 0.267 e. The molecule has 0 aliphatic heterocycles. The van der Waals surface area contributed by atoms with Crippen LogP contribution in [0.5, 0.6) is 0 Å². The van der Waals surface area contributed by atoms with Gasteiger partial charge in [0.1, 0.15) is 5.41 Å². The van der Waals surface area contributed by atoms with Crippen molar-refractivity contribution in [2.75, 3.05) is 0 Å². The number of nitriles is 1. The van der Waals surface area contributed by atoms with Gasteiger partial charge in [-0.1, -0.05) is 79.7 Å². The Morgan fingerprint density at radius 2 is 1.73 bits per heavy atom. The van der Waals surface area contributed by atoms with Crippen molar-refractivity contribution in [3.05, 3.63) is 111 Å². The minimum Gasteiger partial charge on any atom is -0.267 e. The van der Waals surface area contributed by atoms with E-state index in [9.17, 15) is 10.1 Å². The molecule has 0 saturated carbocycles. The lowest BCUT2D eigenvalue weighted by Gasteiger charge is -2.27. The van der Waals surface area contributed by atoms with E-state index in [1.807, 2.05) is 67.6 Å². The van der Waals surface area contributed by atoms with Crippen LogP contribution >= 0.6 is 15.9 Å². The van der Waals surface area contributed by atoms with Crippen LogP contribution in [-0.2, 0) is 12.0 Å². The summed E-state index contributed by atoms with van der Waals surface area (Å²) in [6.45, 7) is 2.26. The first-order valence-electron chi connectivity index (χ1n) is 9.80. The first-order chi connectivity index (χ1) is 14.6. The summed E-state index contributed by atoms with van der Waals surface area (Å²) >= 11 is 3.49. The molecule has 0 fully saturated rings. The van der Waals surface area contributed by atoms with Crippen molar-refractivity contribution in [2.45, 2.75) is 25.3 Å². The second kappa shape index (κ2) is 8.25. The molecule has 30 heavy (non-hydrogen) atoms. The second-order valence-corrected chi connectivity index (χ2v) is 8.06. The van der Waals surface area contributed by atoms with Crippen molar-refractivity contribution >= 4 is 26.7 Å². The van der Waals surface area contributed by atoms with E-state index in [4.69, 9.17) is 0 Å². The average molecular weight is 458 g/mol. The molecule has 148 valence electrons. The van der Waals surface area contributed by atoms with Gasteiger partial charge in [-0.05, 0) is 44.3 Å². The minimum absolute atomic E-state index is 0.260. The zero-order chi connectivity index (χ0) is 21.1. The first kappa shape index (κ1) is 20.1. The van der Waals surface area contributed by atoms with Crippen molar-refractivity contribution in [2.24, 2.45) is 0 Å². The standard InChI is InChI=1S/C25H20BrN3O/c1-2-25(17-27,20-12-4-3-5-13-20)23-22(26)15-28-29(24(23)30)16-19-11-8-10-18-9-6-7-14-21(18)19/h3-15H,2,16H2,1H3. The van der Waals surface area contributed by atoms with E-state index in [2.05, 4.69) is 39.2 Å². The summed E-state index contributed by atoms with van der Waals surface area (Å²) in [6, 6.07) is 26.0. The van der Waals surface area contributed by atoms with Gasteiger partial charge in [0.05, 0.1) is 24.4 Å². The number of halogens is 1. The third-order valence-electron chi connectivity index (χ3n) is 5.61. The molecule has 0 aliphatic rings. The van der Waals surface area contributed by atoms with Gasteiger partial charge in [0.15, 0.2) is 0 Å². The Hall–Kier alpha value is -3.23. The summed E-state index contributed by atoms with van der Waals surface area (Å²) in [6.07, 6.45) is 2.09. The van der Waals surface area contributed by atoms with E-state index in [0.29, 0.717) is 23.0 Å². The zero-order valence-corrected chi connectivity index (χ0v) is 18.1. The third kappa shape index (κ3) is 3.34. The lowest BCUT2D eigenvalue weighted by molar-refractivity contribution is 0.571. The van der Waals surface area contributed by atoms with Crippen LogP contribution in [0.2, 0.25) is 0 Å². The fourth-order valence-electron chi connectivity index (χ4n) is 4.01. The van der Waals surface area contributed by atoms with E-state index in [1.165, 1.54) is 4.68 Å². The molecular weight excluding hydrogens is 438 g/mol. The molecule has 5 heteroatoms. The summed E-state index contributed by atoms with van der Waals surface area (Å²) in [5.41, 5.74) is 0.921. The van der Waals surface area contributed by atoms with E-state index in [0.717, 1.165) is 21.9 Å². The Balaban J connectivity index is 1.89. The predicted octanol–water partition coefficient (Wildman–Crippen LogP) is 5.43. The molecule has 1 atom stereocenters. The molecule has 1 unspecified atom stereocenters. The van der Waals surface area contributed by atoms with Gasteiger partial charge in [-0.3, -0.25) is 4.79 Å². The Morgan fingerprint density at radius 3 is 2.47 bits per heavy atom. The Labute approximate surface area is 183 Å². The van der Waals surface area contributed by atoms with Crippen molar-refractivity contribution in [3.63, 3.8) is 0 Å². The third-order valence-corrected chi connectivity index (χ3v) is 6.21. The monoisotopic (exact) mass is 457 g/mol. The summed E-state index contributed by atoms with van der Waals surface area (Å²) in [5.74, 6) is 0. The van der Waals surface area contributed by atoms with Gasteiger partial charge in [0.2, 0.25) is 0 Å². The SMILES string of the molecule is CCC(C#N)(c1ccccc1)c1c(Br)cnn(Cc2cccc3ccccc23)c1=O.